The maximum absolute atomic E-state index is 12.1. The van der Waals surface area contributed by atoms with Gasteiger partial charge < -0.3 is 14.8 Å². The van der Waals surface area contributed by atoms with Crippen molar-refractivity contribution < 1.29 is 14.3 Å². The van der Waals surface area contributed by atoms with E-state index in [1.54, 1.807) is 18.4 Å². The molecule has 1 saturated heterocycles. The Morgan fingerprint density at radius 3 is 2.61 bits per heavy atom. The lowest BCUT2D eigenvalue weighted by atomic mass is 10.2. The molecule has 0 unspecified atom stereocenters. The first kappa shape index (κ1) is 16.5. The lowest BCUT2D eigenvalue weighted by molar-refractivity contribution is -0.123. The topological polar surface area (TPSA) is 69.0 Å². The molecule has 6 nitrogen and oxygen atoms in total. The fourth-order valence-electron chi connectivity index (χ4n) is 3.49. The largest absolute Gasteiger partial charge is 0.467 e. The number of hydrogen-bond donors (Lipinski definition) is 2. The van der Waals surface area contributed by atoms with Crippen LogP contribution in [0.3, 0.4) is 0 Å². The van der Waals surface area contributed by atoms with Gasteiger partial charge in [-0.05, 0) is 25.0 Å². The predicted molar refractivity (Wildman–Crippen MR) is 86.9 cm³/mol. The summed E-state index contributed by atoms with van der Waals surface area (Å²) >= 11 is 0. The van der Waals surface area contributed by atoms with E-state index in [4.69, 9.17) is 4.42 Å². The van der Waals surface area contributed by atoms with Crippen molar-refractivity contribution in [1.29, 1.82) is 0 Å². The van der Waals surface area contributed by atoms with Gasteiger partial charge in [0.25, 0.3) is 0 Å². The first-order valence-electron chi connectivity index (χ1n) is 8.66. The number of hydrogen-bond acceptors (Lipinski definition) is 5. The fourth-order valence-corrected chi connectivity index (χ4v) is 3.49. The Hall–Kier alpha value is -1.37. The van der Waals surface area contributed by atoms with E-state index in [1.807, 2.05) is 0 Å². The van der Waals surface area contributed by atoms with Gasteiger partial charge in [0, 0.05) is 38.8 Å². The molecule has 2 aliphatic rings. The van der Waals surface area contributed by atoms with E-state index in [9.17, 15) is 9.90 Å². The summed E-state index contributed by atoms with van der Waals surface area (Å²) in [6.07, 6.45) is 5.74. The molecule has 6 heteroatoms. The lowest BCUT2D eigenvalue weighted by Gasteiger charge is -2.35. The number of β-amino-alcohol motifs (C(OH)–C–C–N with tert-alkyl or cyclic N) is 1. The Kier molecular flexibility index (Phi) is 5.70. The number of nitrogens with one attached hydrogen (secondary N) is 1. The molecule has 0 bridgehead atoms. The quantitative estimate of drug-likeness (QED) is 0.818. The highest BCUT2D eigenvalue weighted by Crippen LogP contribution is 2.18. The van der Waals surface area contributed by atoms with Crippen LogP contribution in [0.5, 0.6) is 0 Å². The Morgan fingerprint density at radius 1 is 1.26 bits per heavy atom. The molecule has 1 aromatic heterocycles. The molecule has 1 aliphatic heterocycles. The molecule has 2 N–H and O–H groups in total. The summed E-state index contributed by atoms with van der Waals surface area (Å²) in [5.74, 6) is 0.768. The average molecular weight is 321 g/mol. The molecule has 0 spiro atoms. The van der Waals surface area contributed by atoms with Gasteiger partial charge in [0.2, 0.25) is 5.91 Å². The molecular formula is C17H27N3O3. The van der Waals surface area contributed by atoms with Crippen LogP contribution < -0.4 is 5.32 Å². The summed E-state index contributed by atoms with van der Waals surface area (Å²) in [6, 6.07) is 3.99. The first-order valence-corrected chi connectivity index (χ1v) is 8.66. The maximum Gasteiger partial charge on any atom is 0.234 e. The second-order valence-electron chi connectivity index (χ2n) is 6.66. The van der Waals surface area contributed by atoms with Crippen molar-refractivity contribution in [3.05, 3.63) is 24.2 Å². The number of rotatable bonds is 6. The number of aliphatic hydroxyl groups is 1. The number of nitrogens with zero attached hydrogens (tertiary/aromatic N) is 2. The molecule has 23 heavy (non-hydrogen) atoms. The molecular weight excluding hydrogens is 294 g/mol. The second kappa shape index (κ2) is 7.95. The molecule has 128 valence electrons. The van der Waals surface area contributed by atoms with Crippen LogP contribution in [0, 0.1) is 0 Å². The molecule has 1 saturated carbocycles. The van der Waals surface area contributed by atoms with Crippen LogP contribution in [0.25, 0.3) is 0 Å². The Balaban J connectivity index is 1.35. The van der Waals surface area contributed by atoms with Crippen LogP contribution in [-0.4, -0.2) is 66.1 Å². The maximum atomic E-state index is 12.1. The predicted octanol–water partition coefficient (Wildman–Crippen LogP) is 0.989. The van der Waals surface area contributed by atoms with Crippen LogP contribution in [0.2, 0.25) is 0 Å². The van der Waals surface area contributed by atoms with E-state index in [0.29, 0.717) is 24.9 Å². The Morgan fingerprint density at radius 2 is 1.96 bits per heavy atom. The Labute approximate surface area is 137 Å². The van der Waals surface area contributed by atoms with Gasteiger partial charge in [-0.1, -0.05) is 12.8 Å². The van der Waals surface area contributed by atoms with Crippen LogP contribution >= 0.6 is 0 Å². The Bertz CT molecular complexity index is 477. The summed E-state index contributed by atoms with van der Waals surface area (Å²) in [5, 5.41) is 13.3. The molecule has 2 heterocycles. The van der Waals surface area contributed by atoms with Gasteiger partial charge in [0.1, 0.15) is 11.9 Å². The third-order valence-corrected chi connectivity index (χ3v) is 4.86. The molecule has 0 radical (unpaired) electrons. The van der Waals surface area contributed by atoms with Gasteiger partial charge in [0.05, 0.1) is 12.8 Å². The average Bonchev–Trinajstić information content (AvgIpc) is 3.22. The summed E-state index contributed by atoms with van der Waals surface area (Å²) < 4.78 is 5.23. The minimum Gasteiger partial charge on any atom is -0.467 e. The van der Waals surface area contributed by atoms with E-state index < -0.39 is 6.10 Å². The van der Waals surface area contributed by atoms with Crippen molar-refractivity contribution in [3.8, 4) is 0 Å². The lowest BCUT2D eigenvalue weighted by Crippen LogP contribution is -2.50. The zero-order chi connectivity index (χ0) is 16.1. The highest BCUT2D eigenvalue weighted by molar-refractivity contribution is 5.78. The van der Waals surface area contributed by atoms with E-state index in [-0.39, 0.29) is 5.91 Å². The number of carbonyl (C=O) groups excluding carboxylic acids is 1. The van der Waals surface area contributed by atoms with Gasteiger partial charge in [-0.3, -0.25) is 14.6 Å². The highest BCUT2D eigenvalue weighted by Gasteiger charge is 2.23. The van der Waals surface area contributed by atoms with Crippen molar-refractivity contribution >= 4 is 5.91 Å². The minimum absolute atomic E-state index is 0.154. The van der Waals surface area contributed by atoms with Crippen molar-refractivity contribution in [2.45, 2.75) is 37.8 Å². The van der Waals surface area contributed by atoms with Gasteiger partial charge in [-0.15, -0.1) is 0 Å². The van der Waals surface area contributed by atoms with Crippen molar-refractivity contribution in [2.75, 3.05) is 39.3 Å². The van der Waals surface area contributed by atoms with Crippen LogP contribution in [0.15, 0.2) is 22.8 Å². The minimum atomic E-state index is -0.581. The summed E-state index contributed by atoms with van der Waals surface area (Å²) in [7, 11) is 0. The fraction of sp³-hybridized carbons (Fsp3) is 0.706. The molecule has 2 fully saturated rings. The first-order chi connectivity index (χ1) is 11.2. The van der Waals surface area contributed by atoms with Crippen LogP contribution in [-0.2, 0) is 4.79 Å². The molecule has 1 aliphatic carbocycles. The van der Waals surface area contributed by atoms with Crippen LogP contribution in [0.1, 0.15) is 37.5 Å². The van der Waals surface area contributed by atoms with Gasteiger partial charge >= 0.3 is 0 Å². The van der Waals surface area contributed by atoms with E-state index in [0.717, 1.165) is 39.0 Å². The monoisotopic (exact) mass is 321 g/mol. The summed E-state index contributed by atoms with van der Waals surface area (Å²) in [5.41, 5.74) is 0. The second-order valence-corrected chi connectivity index (χ2v) is 6.66. The smallest absolute Gasteiger partial charge is 0.234 e. The number of amides is 1. The number of piperazine rings is 1. The number of carbonyl (C=O) groups is 1. The van der Waals surface area contributed by atoms with Crippen molar-refractivity contribution in [1.82, 2.24) is 15.1 Å². The third-order valence-electron chi connectivity index (χ3n) is 4.86. The van der Waals surface area contributed by atoms with Crippen molar-refractivity contribution in [2.24, 2.45) is 0 Å². The van der Waals surface area contributed by atoms with Gasteiger partial charge in [0.15, 0.2) is 0 Å². The number of furan rings is 1. The molecule has 1 amide bonds. The normalized spacial score (nSPS) is 22.3. The summed E-state index contributed by atoms with van der Waals surface area (Å²) in [4.78, 5) is 16.5. The highest BCUT2D eigenvalue weighted by atomic mass is 16.4. The zero-order valence-corrected chi connectivity index (χ0v) is 13.6. The zero-order valence-electron chi connectivity index (χ0n) is 13.6. The third kappa shape index (κ3) is 4.80. The van der Waals surface area contributed by atoms with Gasteiger partial charge in [-0.2, -0.15) is 0 Å². The SMILES string of the molecule is O=C(CN1CCN(C[C@@H](O)c2ccco2)CC1)NC1CCCC1. The standard InChI is InChI=1S/C17H27N3O3/c21-15(16-6-3-11-23-16)12-19-7-9-20(10-8-19)13-17(22)18-14-4-1-2-5-14/h3,6,11,14-15,21H,1-2,4-5,7-10,12-13H2,(H,18,22)/t15-/m1/s1. The van der Waals surface area contributed by atoms with Crippen molar-refractivity contribution in [3.63, 3.8) is 0 Å². The molecule has 1 aromatic rings. The van der Waals surface area contributed by atoms with E-state index in [2.05, 4.69) is 15.1 Å². The van der Waals surface area contributed by atoms with E-state index >= 15 is 0 Å². The van der Waals surface area contributed by atoms with Gasteiger partial charge in [-0.25, -0.2) is 0 Å². The molecule has 3 rings (SSSR count). The molecule has 1 atom stereocenters. The van der Waals surface area contributed by atoms with Crippen LogP contribution in [0.4, 0.5) is 0 Å². The number of aliphatic hydroxyl groups excluding tert-OH is 1. The van der Waals surface area contributed by atoms with E-state index in [1.165, 1.54) is 12.8 Å². The molecule has 0 aromatic carbocycles. The summed E-state index contributed by atoms with van der Waals surface area (Å²) in [6.45, 7) is 4.54.